The van der Waals surface area contributed by atoms with E-state index in [2.05, 4.69) is 16.9 Å². The molecule has 0 spiro atoms. The Hall–Kier alpha value is -0.830. The number of benzene rings is 1. The average molecular weight is 316 g/mol. The highest BCUT2D eigenvalue weighted by molar-refractivity contribution is 6.34. The Morgan fingerprint density at radius 3 is 2.21 bits per heavy atom. The summed E-state index contributed by atoms with van der Waals surface area (Å²) in [6.07, 6.45) is 1.72. The fourth-order valence-corrected chi connectivity index (χ4v) is 2.69. The van der Waals surface area contributed by atoms with Gasteiger partial charge in [-0.1, -0.05) is 48.1 Å². The van der Waals surface area contributed by atoms with Crippen molar-refractivity contribution in [1.29, 1.82) is 0 Å². The van der Waals surface area contributed by atoms with Crippen LogP contribution in [0.15, 0.2) is 18.2 Å². The van der Waals surface area contributed by atoms with E-state index in [9.17, 15) is 0 Å². The van der Waals surface area contributed by atoms with Gasteiger partial charge in [0.05, 0.1) is 0 Å². The highest BCUT2D eigenvalue weighted by atomic mass is 35.5. The number of hydrogen-bond donors (Lipinski definition) is 0. The second-order valence-electron chi connectivity index (χ2n) is 4.32. The molecule has 0 saturated carbocycles. The monoisotopic (exact) mass is 314 g/mol. The van der Waals surface area contributed by atoms with E-state index in [0.29, 0.717) is 21.2 Å². The fraction of sp³-hybridized carbons (Fsp3) is 0.286. The van der Waals surface area contributed by atoms with Crippen molar-refractivity contribution in [3.05, 3.63) is 44.7 Å². The fourth-order valence-electron chi connectivity index (χ4n) is 1.89. The number of rotatable bonds is 3. The van der Waals surface area contributed by atoms with Crippen LogP contribution in [-0.2, 0) is 6.42 Å². The van der Waals surface area contributed by atoms with Crippen molar-refractivity contribution in [2.45, 2.75) is 26.7 Å². The molecular weight excluding hydrogens is 303 g/mol. The summed E-state index contributed by atoms with van der Waals surface area (Å²) in [4.78, 5) is 8.68. The van der Waals surface area contributed by atoms with Gasteiger partial charge in [-0.25, -0.2) is 9.97 Å². The zero-order chi connectivity index (χ0) is 14.0. The molecule has 1 aromatic carbocycles. The SMILES string of the molecule is CCCc1c(Cl)nc(-c2ccc(Cl)cc2C)nc1Cl. The molecule has 100 valence electrons. The molecule has 2 aromatic rings. The molecule has 1 heterocycles. The van der Waals surface area contributed by atoms with Crippen LogP contribution in [0.3, 0.4) is 0 Å². The molecular formula is C14H13Cl3N2. The van der Waals surface area contributed by atoms with E-state index in [1.54, 1.807) is 6.07 Å². The summed E-state index contributed by atoms with van der Waals surface area (Å²) in [6.45, 7) is 4.01. The first-order valence-corrected chi connectivity index (χ1v) is 7.14. The van der Waals surface area contributed by atoms with E-state index in [4.69, 9.17) is 34.8 Å². The van der Waals surface area contributed by atoms with Crippen molar-refractivity contribution in [2.24, 2.45) is 0 Å². The molecule has 0 saturated heterocycles. The van der Waals surface area contributed by atoms with E-state index in [1.165, 1.54) is 0 Å². The third-order valence-electron chi connectivity index (χ3n) is 2.84. The van der Waals surface area contributed by atoms with Gasteiger partial charge in [-0.2, -0.15) is 0 Å². The Labute approximate surface area is 127 Å². The van der Waals surface area contributed by atoms with Crippen molar-refractivity contribution in [3.8, 4) is 11.4 Å². The molecule has 0 aliphatic heterocycles. The lowest BCUT2D eigenvalue weighted by Gasteiger charge is -2.09. The third kappa shape index (κ3) is 3.19. The summed E-state index contributed by atoms with van der Waals surface area (Å²) in [5.41, 5.74) is 2.68. The first-order chi connectivity index (χ1) is 9.02. The van der Waals surface area contributed by atoms with Gasteiger partial charge in [0.15, 0.2) is 5.82 Å². The Morgan fingerprint density at radius 2 is 1.68 bits per heavy atom. The Kier molecular flexibility index (Phi) is 4.67. The Bertz CT molecular complexity index is 589. The molecule has 19 heavy (non-hydrogen) atoms. The van der Waals surface area contributed by atoms with Crippen molar-refractivity contribution in [2.75, 3.05) is 0 Å². The van der Waals surface area contributed by atoms with Crippen molar-refractivity contribution >= 4 is 34.8 Å². The normalized spacial score (nSPS) is 10.8. The van der Waals surface area contributed by atoms with E-state index in [-0.39, 0.29) is 0 Å². The topological polar surface area (TPSA) is 25.8 Å². The minimum absolute atomic E-state index is 0.422. The van der Waals surface area contributed by atoms with Crippen LogP contribution < -0.4 is 0 Å². The second kappa shape index (κ2) is 6.08. The minimum Gasteiger partial charge on any atom is -0.216 e. The van der Waals surface area contributed by atoms with Gasteiger partial charge in [0.25, 0.3) is 0 Å². The van der Waals surface area contributed by atoms with Gasteiger partial charge < -0.3 is 0 Å². The van der Waals surface area contributed by atoms with Gasteiger partial charge in [0.2, 0.25) is 0 Å². The number of halogens is 3. The molecule has 0 atom stereocenters. The van der Waals surface area contributed by atoms with Crippen molar-refractivity contribution < 1.29 is 0 Å². The van der Waals surface area contributed by atoms with E-state index >= 15 is 0 Å². The Morgan fingerprint density at radius 1 is 1.05 bits per heavy atom. The Balaban J connectivity index is 2.52. The van der Waals surface area contributed by atoms with Crippen LogP contribution in [0.2, 0.25) is 15.3 Å². The molecule has 0 bridgehead atoms. The molecule has 2 rings (SSSR count). The van der Waals surface area contributed by atoms with Crippen LogP contribution in [0.25, 0.3) is 11.4 Å². The molecule has 5 heteroatoms. The molecule has 0 fully saturated rings. The predicted octanol–water partition coefficient (Wildman–Crippen LogP) is 5.36. The average Bonchev–Trinajstić information content (AvgIpc) is 2.33. The maximum absolute atomic E-state index is 6.19. The lowest BCUT2D eigenvalue weighted by Crippen LogP contribution is -1.98. The van der Waals surface area contributed by atoms with Crippen LogP contribution in [0.5, 0.6) is 0 Å². The number of nitrogens with zero attached hydrogens (tertiary/aromatic N) is 2. The molecule has 0 radical (unpaired) electrons. The summed E-state index contributed by atoms with van der Waals surface area (Å²) in [5, 5.41) is 1.53. The van der Waals surface area contributed by atoms with Gasteiger partial charge in [0, 0.05) is 16.1 Å². The van der Waals surface area contributed by atoms with Crippen LogP contribution >= 0.6 is 34.8 Å². The summed E-state index contributed by atoms with van der Waals surface area (Å²) < 4.78 is 0. The lowest BCUT2D eigenvalue weighted by molar-refractivity contribution is 0.902. The highest BCUT2D eigenvalue weighted by Crippen LogP contribution is 2.29. The summed E-state index contributed by atoms with van der Waals surface area (Å²) in [6, 6.07) is 5.54. The number of aryl methyl sites for hydroxylation is 1. The predicted molar refractivity (Wildman–Crippen MR) is 81.2 cm³/mol. The van der Waals surface area contributed by atoms with Crippen molar-refractivity contribution in [1.82, 2.24) is 9.97 Å². The van der Waals surface area contributed by atoms with Gasteiger partial charge in [-0.3, -0.25) is 0 Å². The zero-order valence-electron chi connectivity index (χ0n) is 10.7. The van der Waals surface area contributed by atoms with E-state index in [1.807, 2.05) is 19.1 Å². The van der Waals surface area contributed by atoms with Crippen LogP contribution in [-0.4, -0.2) is 9.97 Å². The molecule has 1 aromatic heterocycles. The smallest absolute Gasteiger partial charge is 0.162 e. The summed E-state index contributed by atoms with van der Waals surface area (Å²) in [5.74, 6) is 0.531. The van der Waals surface area contributed by atoms with Gasteiger partial charge in [-0.05, 0) is 37.1 Å². The first-order valence-electron chi connectivity index (χ1n) is 6.01. The zero-order valence-corrected chi connectivity index (χ0v) is 12.9. The van der Waals surface area contributed by atoms with Gasteiger partial charge in [0.1, 0.15) is 10.3 Å². The molecule has 0 unspecified atom stereocenters. The van der Waals surface area contributed by atoms with Crippen LogP contribution in [0, 0.1) is 6.92 Å². The molecule has 0 N–H and O–H groups in total. The molecule has 0 aliphatic rings. The summed E-state index contributed by atoms with van der Waals surface area (Å²) >= 11 is 18.3. The maximum atomic E-state index is 6.19. The first kappa shape index (κ1) is 14.6. The third-order valence-corrected chi connectivity index (χ3v) is 3.70. The maximum Gasteiger partial charge on any atom is 0.162 e. The quantitative estimate of drug-likeness (QED) is 0.712. The van der Waals surface area contributed by atoms with Crippen LogP contribution in [0.1, 0.15) is 24.5 Å². The lowest BCUT2D eigenvalue weighted by atomic mass is 10.1. The largest absolute Gasteiger partial charge is 0.216 e. The van der Waals surface area contributed by atoms with Crippen molar-refractivity contribution in [3.63, 3.8) is 0 Å². The molecule has 0 amide bonds. The number of aromatic nitrogens is 2. The molecule has 2 nitrogen and oxygen atoms in total. The van der Waals surface area contributed by atoms with Gasteiger partial charge >= 0.3 is 0 Å². The summed E-state index contributed by atoms with van der Waals surface area (Å²) in [7, 11) is 0. The van der Waals surface area contributed by atoms with E-state index in [0.717, 1.165) is 29.5 Å². The standard InChI is InChI=1S/C14H13Cl3N2/c1-3-4-11-12(16)18-14(19-13(11)17)10-6-5-9(15)7-8(10)2/h5-7H,3-4H2,1-2H3. The van der Waals surface area contributed by atoms with Gasteiger partial charge in [-0.15, -0.1) is 0 Å². The van der Waals surface area contributed by atoms with E-state index < -0.39 is 0 Å². The number of hydrogen-bond acceptors (Lipinski definition) is 2. The minimum atomic E-state index is 0.422. The second-order valence-corrected chi connectivity index (χ2v) is 5.47. The molecule has 0 aliphatic carbocycles. The highest BCUT2D eigenvalue weighted by Gasteiger charge is 2.13. The van der Waals surface area contributed by atoms with Crippen LogP contribution in [0.4, 0.5) is 0 Å².